The third-order valence-corrected chi connectivity index (χ3v) is 6.75. The lowest BCUT2D eigenvalue weighted by atomic mass is 9.84. The van der Waals surface area contributed by atoms with Crippen molar-refractivity contribution in [2.75, 3.05) is 33.8 Å². The predicted molar refractivity (Wildman–Crippen MR) is 155 cm³/mol. The summed E-state index contributed by atoms with van der Waals surface area (Å²) in [5.41, 5.74) is 2.71. The number of likely N-dealkylation sites (N-methyl/N-ethyl adjacent to an activating group) is 1. The molecule has 0 saturated carbocycles. The molecule has 3 unspecified atom stereocenters. The van der Waals surface area contributed by atoms with Crippen LogP contribution in [0.1, 0.15) is 46.6 Å². The van der Waals surface area contributed by atoms with Gasteiger partial charge in [0.05, 0.1) is 30.8 Å². The fraction of sp³-hybridized carbons (Fsp3) is 0.621. The molecule has 0 aliphatic carbocycles. The van der Waals surface area contributed by atoms with Gasteiger partial charge in [0.1, 0.15) is 6.04 Å². The number of aryl methyl sites for hydroxylation is 1. The molecule has 0 aliphatic heterocycles. The summed E-state index contributed by atoms with van der Waals surface area (Å²) in [6.07, 6.45) is -0.250. The molecular weight excluding hydrogens is 514 g/mol. The summed E-state index contributed by atoms with van der Waals surface area (Å²) in [7, 11) is 5.57. The minimum Gasteiger partial charge on any atom is -0.370 e. The summed E-state index contributed by atoms with van der Waals surface area (Å²) >= 11 is 0. The van der Waals surface area contributed by atoms with Gasteiger partial charge in [-0.1, -0.05) is 46.3 Å². The van der Waals surface area contributed by atoms with Crippen molar-refractivity contribution in [2.45, 2.75) is 59.8 Å². The summed E-state index contributed by atoms with van der Waals surface area (Å²) < 4.78 is 7.80. The minimum atomic E-state index is -0.763. The average Bonchev–Trinajstić information content (AvgIpc) is 2.87. The first-order valence-corrected chi connectivity index (χ1v) is 13.7. The van der Waals surface area contributed by atoms with E-state index in [0.717, 1.165) is 16.5 Å². The normalized spacial score (nSPS) is 14.4. The van der Waals surface area contributed by atoms with Crippen LogP contribution in [0.25, 0.3) is 10.9 Å². The van der Waals surface area contributed by atoms with Gasteiger partial charge in [-0.3, -0.25) is 24.4 Å². The Bertz CT molecular complexity index is 1170. The lowest BCUT2D eigenvalue weighted by Crippen LogP contribution is -2.56. The van der Waals surface area contributed by atoms with Crippen LogP contribution >= 0.6 is 0 Å². The van der Waals surface area contributed by atoms with Crippen molar-refractivity contribution < 1.29 is 24.4 Å². The Morgan fingerprint density at radius 2 is 1.80 bits per heavy atom. The van der Waals surface area contributed by atoms with Crippen molar-refractivity contribution in [3.8, 4) is 0 Å². The van der Waals surface area contributed by atoms with Gasteiger partial charge in [-0.2, -0.15) is 0 Å². The van der Waals surface area contributed by atoms with Gasteiger partial charge >= 0.3 is 0 Å². The lowest BCUT2D eigenvalue weighted by molar-refractivity contribution is -0.170. The van der Waals surface area contributed by atoms with Crippen LogP contribution in [0.3, 0.4) is 0 Å². The zero-order valence-electron chi connectivity index (χ0n) is 25.1. The molecule has 0 bridgehead atoms. The molecule has 1 aromatic carbocycles. The van der Waals surface area contributed by atoms with E-state index in [4.69, 9.17) is 14.8 Å². The number of carbonyl (C=O) groups is 2. The highest BCUT2D eigenvalue weighted by molar-refractivity contribution is 5.89. The minimum absolute atomic E-state index is 0.0901. The Kier molecular flexibility index (Phi) is 12.7. The first-order valence-electron chi connectivity index (χ1n) is 13.7. The summed E-state index contributed by atoms with van der Waals surface area (Å²) in [4.78, 5) is 45.8. The van der Waals surface area contributed by atoms with Gasteiger partial charge in [0.2, 0.25) is 11.8 Å². The van der Waals surface area contributed by atoms with Crippen LogP contribution in [0.2, 0.25) is 0 Å². The number of pyridine rings is 1. The van der Waals surface area contributed by atoms with Crippen molar-refractivity contribution in [3.63, 3.8) is 0 Å². The standard InChI is InChI=1S/C29H47N5O6/c1-19(2)15-22(27(36)31-26(29(3,4)5)28(37)30-13-14-33(6)7)24(18-40-32-38)39-17-20-9-11-23-21(16-20)10-12-25(35)34(23)8/h9-12,16,19,22,24,26,32,38H,13-15,17-18H2,1-8H3,(H,30,37)(H,31,36). The van der Waals surface area contributed by atoms with Crippen molar-refractivity contribution in [1.82, 2.24) is 25.7 Å². The van der Waals surface area contributed by atoms with Gasteiger partial charge in [-0.25, -0.2) is 0 Å². The maximum atomic E-state index is 13.7. The molecule has 3 atom stereocenters. The topological polar surface area (TPSA) is 134 Å². The smallest absolute Gasteiger partial charge is 0.250 e. The highest BCUT2D eigenvalue weighted by Gasteiger charge is 2.37. The van der Waals surface area contributed by atoms with Crippen molar-refractivity contribution in [1.29, 1.82) is 0 Å². The van der Waals surface area contributed by atoms with Crippen LogP contribution in [0.4, 0.5) is 0 Å². The monoisotopic (exact) mass is 561 g/mol. The van der Waals surface area contributed by atoms with E-state index in [1.54, 1.807) is 23.3 Å². The molecule has 2 amide bonds. The van der Waals surface area contributed by atoms with Gasteiger partial charge in [-0.15, -0.1) is 0 Å². The number of fused-ring (bicyclic) bond motifs is 1. The SMILES string of the molecule is CC(C)CC(C(=O)NC(C(=O)NCCN(C)C)C(C)(C)C)C(CONO)OCc1ccc2c(ccc(=O)n2C)c1. The van der Waals surface area contributed by atoms with Crippen LogP contribution in [0, 0.1) is 17.3 Å². The highest BCUT2D eigenvalue weighted by atomic mass is 16.8. The number of aromatic nitrogens is 1. The molecule has 1 heterocycles. The summed E-state index contributed by atoms with van der Waals surface area (Å²) in [6, 6.07) is 8.18. The number of benzene rings is 1. The van der Waals surface area contributed by atoms with E-state index < -0.39 is 23.5 Å². The predicted octanol–water partition coefficient (Wildman–Crippen LogP) is 2.21. The van der Waals surface area contributed by atoms with E-state index in [2.05, 4.69) is 10.6 Å². The molecule has 0 aliphatic rings. The van der Waals surface area contributed by atoms with E-state index in [0.29, 0.717) is 19.5 Å². The third-order valence-electron chi connectivity index (χ3n) is 6.75. The average molecular weight is 562 g/mol. The Labute approximate surface area is 237 Å². The van der Waals surface area contributed by atoms with E-state index in [-0.39, 0.29) is 36.5 Å². The molecule has 40 heavy (non-hydrogen) atoms. The van der Waals surface area contributed by atoms with Crippen molar-refractivity contribution >= 4 is 22.7 Å². The summed E-state index contributed by atoms with van der Waals surface area (Å²) in [6.45, 7) is 10.9. The maximum Gasteiger partial charge on any atom is 0.250 e. The molecule has 0 radical (unpaired) electrons. The molecule has 2 rings (SSSR count). The van der Waals surface area contributed by atoms with Gasteiger partial charge < -0.3 is 24.8 Å². The van der Waals surface area contributed by atoms with Crippen LogP contribution < -0.4 is 21.8 Å². The number of nitrogens with zero attached hydrogens (tertiary/aromatic N) is 2. The van der Waals surface area contributed by atoms with Gasteiger partial charge in [-0.05, 0) is 61.0 Å². The van der Waals surface area contributed by atoms with E-state index >= 15 is 0 Å². The van der Waals surface area contributed by atoms with Crippen LogP contribution in [0.5, 0.6) is 0 Å². The number of rotatable bonds is 15. The van der Waals surface area contributed by atoms with Gasteiger partial charge in [0, 0.05) is 26.2 Å². The zero-order chi connectivity index (χ0) is 30.0. The Balaban J connectivity index is 2.26. The second-order valence-corrected chi connectivity index (χ2v) is 12.0. The van der Waals surface area contributed by atoms with E-state index in [1.807, 2.05) is 71.8 Å². The summed E-state index contributed by atoms with van der Waals surface area (Å²) in [5.74, 6) is -1.08. The van der Waals surface area contributed by atoms with E-state index in [1.165, 1.54) is 6.07 Å². The largest absolute Gasteiger partial charge is 0.370 e. The van der Waals surface area contributed by atoms with Gasteiger partial charge in [0.25, 0.3) is 5.56 Å². The van der Waals surface area contributed by atoms with Crippen LogP contribution in [-0.4, -0.2) is 72.4 Å². The molecule has 11 heteroatoms. The number of nitrogens with one attached hydrogen (secondary N) is 3. The Hall–Kier alpha value is -2.83. The third kappa shape index (κ3) is 9.97. The molecular formula is C29H47N5O6. The fourth-order valence-corrected chi connectivity index (χ4v) is 4.49. The molecule has 11 nitrogen and oxygen atoms in total. The fourth-order valence-electron chi connectivity index (χ4n) is 4.49. The van der Waals surface area contributed by atoms with Crippen LogP contribution in [0.15, 0.2) is 35.1 Å². The van der Waals surface area contributed by atoms with E-state index in [9.17, 15) is 14.4 Å². The van der Waals surface area contributed by atoms with Crippen molar-refractivity contribution in [3.05, 3.63) is 46.2 Å². The van der Waals surface area contributed by atoms with Crippen molar-refractivity contribution in [2.24, 2.45) is 24.3 Å². The highest BCUT2D eigenvalue weighted by Crippen LogP contribution is 2.25. The lowest BCUT2D eigenvalue weighted by Gasteiger charge is -2.34. The molecule has 224 valence electrons. The molecule has 0 fully saturated rings. The Morgan fingerprint density at radius 3 is 2.40 bits per heavy atom. The maximum absolute atomic E-state index is 13.7. The Morgan fingerprint density at radius 1 is 1.10 bits per heavy atom. The molecule has 1 aromatic heterocycles. The number of hydrogen-bond acceptors (Lipinski definition) is 8. The van der Waals surface area contributed by atoms with Gasteiger partial charge in [0.15, 0.2) is 0 Å². The first kappa shape index (κ1) is 33.4. The summed E-state index contributed by atoms with van der Waals surface area (Å²) in [5, 5.41) is 15.9. The number of carbonyl (C=O) groups excluding carboxylic acids is 2. The number of amides is 2. The molecule has 0 saturated heterocycles. The van der Waals surface area contributed by atoms with Crippen LogP contribution in [-0.2, 0) is 32.8 Å². The zero-order valence-corrected chi connectivity index (χ0v) is 25.1. The molecule has 2 aromatic rings. The molecule has 4 N–H and O–H groups in total. The second kappa shape index (κ2) is 15.2. The quantitative estimate of drug-likeness (QED) is 0.243. The number of hydrogen-bond donors (Lipinski definition) is 4. The number of ether oxygens (including phenoxy) is 1. The first-order chi connectivity index (χ1) is 18.7. The second-order valence-electron chi connectivity index (χ2n) is 12.0. The molecule has 0 spiro atoms.